The summed E-state index contributed by atoms with van der Waals surface area (Å²) >= 11 is 5.37. The van der Waals surface area contributed by atoms with E-state index >= 15 is 0 Å². The third-order valence-corrected chi connectivity index (χ3v) is 5.67. The first-order chi connectivity index (χ1) is 13.6. The van der Waals surface area contributed by atoms with Crippen molar-refractivity contribution in [3.8, 4) is 0 Å². The smallest absolute Gasteiger partial charge is 0.262 e. The average Bonchev–Trinajstić information content (AvgIpc) is 2.71. The molecule has 0 atom stereocenters. The van der Waals surface area contributed by atoms with Gasteiger partial charge in [0, 0.05) is 18.7 Å². The van der Waals surface area contributed by atoms with Crippen LogP contribution in [0.25, 0.3) is 10.9 Å². The SMILES string of the molecule is CCCCCn1c(=S)[nH]c2cc(C(=O)NCCC3=CCCCC3)ccc2c1=O. The second-order valence-electron chi connectivity index (χ2n) is 7.47. The summed E-state index contributed by atoms with van der Waals surface area (Å²) in [6.07, 6.45) is 11.1. The normalized spacial score (nSPS) is 14.1. The number of nitrogens with one attached hydrogen (secondary N) is 2. The maximum Gasteiger partial charge on any atom is 0.262 e. The predicted octanol–water partition coefficient (Wildman–Crippen LogP) is 4.87. The largest absolute Gasteiger partial charge is 0.352 e. The molecular weight excluding hydrogens is 370 g/mol. The molecule has 1 aromatic carbocycles. The van der Waals surface area contributed by atoms with Crippen LogP contribution in [0.5, 0.6) is 0 Å². The summed E-state index contributed by atoms with van der Waals surface area (Å²) in [5, 5.41) is 3.55. The Balaban J connectivity index is 1.71. The number of amides is 1. The molecule has 0 aliphatic heterocycles. The van der Waals surface area contributed by atoms with E-state index in [1.165, 1.54) is 18.4 Å². The number of H-pyrrole nitrogens is 1. The molecule has 1 amide bonds. The van der Waals surface area contributed by atoms with E-state index in [1.807, 2.05) is 0 Å². The van der Waals surface area contributed by atoms with Crippen molar-refractivity contribution in [1.82, 2.24) is 14.9 Å². The van der Waals surface area contributed by atoms with Crippen LogP contribution < -0.4 is 10.9 Å². The molecule has 6 heteroatoms. The second kappa shape index (κ2) is 9.82. The van der Waals surface area contributed by atoms with Gasteiger partial charge in [-0.25, -0.2) is 0 Å². The number of hydrogen-bond donors (Lipinski definition) is 2. The molecule has 0 bridgehead atoms. The van der Waals surface area contributed by atoms with Crippen LogP contribution in [0.1, 0.15) is 68.6 Å². The highest BCUT2D eigenvalue weighted by molar-refractivity contribution is 7.71. The Bertz CT molecular complexity index is 987. The highest BCUT2D eigenvalue weighted by Crippen LogP contribution is 2.19. The fourth-order valence-corrected chi connectivity index (χ4v) is 3.97. The van der Waals surface area contributed by atoms with Crippen molar-refractivity contribution >= 4 is 29.0 Å². The maximum atomic E-state index is 12.7. The fraction of sp³-hybridized carbons (Fsp3) is 0.500. The zero-order valence-electron chi connectivity index (χ0n) is 16.6. The number of fused-ring (bicyclic) bond motifs is 1. The van der Waals surface area contributed by atoms with Gasteiger partial charge >= 0.3 is 0 Å². The first-order valence-corrected chi connectivity index (χ1v) is 10.7. The molecule has 28 heavy (non-hydrogen) atoms. The molecule has 2 aromatic rings. The first kappa shape index (κ1) is 20.5. The molecule has 0 saturated heterocycles. The van der Waals surface area contributed by atoms with Gasteiger partial charge in [0.2, 0.25) is 0 Å². The Morgan fingerprint density at radius 3 is 2.89 bits per heavy atom. The summed E-state index contributed by atoms with van der Waals surface area (Å²) in [6.45, 7) is 3.39. The standard InChI is InChI=1S/C22H29N3O2S/c1-2-3-7-14-25-21(27)18-11-10-17(15-19(18)24-22(25)28)20(26)23-13-12-16-8-5-4-6-9-16/h8,10-11,15H,2-7,9,12-14H2,1H3,(H,23,26)(H,24,28). The van der Waals surface area contributed by atoms with Crippen LogP contribution in [0, 0.1) is 4.77 Å². The van der Waals surface area contributed by atoms with Gasteiger partial charge in [0.25, 0.3) is 11.5 Å². The quantitative estimate of drug-likeness (QED) is 0.378. The van der Waals surface area contributed by atoms with E-state index < -0.39 is 0 Å². The monoisotopic (exact) mass is 399 g/mol. The molecule has 150 valence electrons. The summed E-state index contributed by atoms with van der Waals surface area (Å²) < 4.78 is 2.03. The van der Waals surface area contributed by atoms with Crippen LogP contribution in [-0.2, 0) is 6.54 Å². The Morgan fingerprint density at radius 1 is 1.29 bits per heavy atom. The zero-order valence-corrected chi connectivity index (χ0v) is 17.4. The van der Waals surface area contributed by atoms with Crippen molar-refractivity contribution in [3.05, 3.63) is 50.5 Å². The lowest BCUT2D eigenvalue weighted by molar-refractivity contribution is 0.0954. The number of rotatable bonds is 8. The van der Waals surface area contributed by atoms with Gasteiger partial charge in [-0.3, -0.25) is 14.2 Å². The van der Waals surface area contributed by atoms with E-state index in [0.29, 0.717) is 34.3 Å². The minimum absolute atomic E-state index is 0.0916. The summed E-state index contributed by atoms with van der Waals surface area (Å²) in [5.74, 6) is -0.121. The van der Waals surface area contributed by atoms with E-state index in [-0.39, 0.29) is 11.5 Å². The first-order valence-electron chi connectivity index (χ1n) is 10.3. The Hall–Kier alpha value is -2.21. The third kappa shape index (κ3) is 4.98. The molecule has 1 aliphatic carbocycles. The van der Waals surface area contributed by atoms with Crippen LogP contribution in [0.15, 0.2) is 34.6 Å². The third-order valence-electron chi connectivity index (χ3n) is 5.35. The molecule has 0 unspecified atom stereocenters. The number of carbonyl (C=O) groups excluding carboxylic acids is 1. The van der Waals surface area contributed by atoms with Crippen molar-refractivity contribution in [2.45, 2.75) is 64.8 Å². The van der Waals surface area contributed by atoms with Crippen LogP contribution >= 0.6 is 12.2 Å². The van der Waals surface area contributed by atoms with Gasteiger partial charge in [0.15, 0.2) is 4.77 Å². The van der Waals surface area contributed by atoms with Crippen LogP contribution in [0.4, 0.5) is 0 Å². The molecule has 0 spiro atoms. The maximum absolute atomic E-state index is 12.7. The number of benzene rings is 1. The molecule has 1 aromatic heterocycles. The minimum atomic E-state index is -0.121. The van der Waals surface area contributed by atoms with Gasteiger partial charge in [-0.1, -0.05) is 31.4 Å². The van der Waals surface area contributed by atoms with Crippen LogP contribution in [0.2, 0.25) is 0 Å². The Morgan fingerprint density at radius 2 is 2.14 bits per heavy atom. The molecule has 1 heterocycles. The lowest BCUT2D eigenvalue weighted by Crippen LogP contribution is -2.25. The topological polar surface area (TPSA) is 66.9 Å². The molecule has 3 rings (SSSR count). The molecule has 0 radical (unpaired) electrons. The van der Waals surface area contributed by atoms with E-state index in [1.54, 1.807) is 22.8 Å². The van der Waals surface area contributed by atoms with Gasteiger partial charge in [-0.2, -0.15) is 0 Å². The van der Waals surface area contributed by atoms with E-state index in [2.05, 4.69) is 23.3 Å². The number of nitrogens with zero attached hydrogens (tertiary/aromatic N) is 1. The summed E-state index contributed by atoms with van der Waals surface area (Å²) in [7, 11) is 0. The van der Waals surface area contributed by atoms with Crippen molar-refractivity contribution < 1.29 is 4.79 Å². The van der Waals surface area contributed by atoms with Crippen LogP contribution in [-0.4, -0.2) is 22.0 Å². The predicted molar refractivity (Wildman–Crippen MR) is 116 cm³/mol. The van der Waals surface area contributed by atoms with Gasteiger partial charge in [0.05, 0.1) is 10.9 Å². The van der Waals surface area contributed by atoms with Gasteiger partial charge in [-0.05, 0) is 68.9 Å². The number of aromatic nitrogens is 2. The van der Waals surface area contributed by atoms with Crippen molar-refractivity contribution in [3.63, 3.8) is 0 Å². The number of hydrogen-bond acceptors (Lipinski definition) is 3. The van der Waals surface area contributed by atoms with Crippen molar-refractivity contribution in [2.24, 2.45) is 0 Å². The van der Waals surface area contributed by atoms with Gasteiger partial charge < -0.3 is 10.3 Å². The average molecular weight is 400 g/mol. The Kier molecular flexibility index (Phi) is 7.20. The summed E-state index contributed by atoms with van der Waals surface area (Å²) in [5.41, 5.74) is 2.51. The molecule has 0 fully saturated rings. The van der Waals surface area contributed by atoms with Gasteiger partial charge in [0.1, 0.15) is 0 Å². The number of aromatic amines is 1. The zero-order chi connectivity index (χ0) is 19.9. The molecular formula is C22H29N3O2S. The van der Waals surface area contributed by atoms with Gasteiger partial charge in [-0.15, -0.1) is 0 Å². The molecule has 2 N–H and O–H groups in total. The summed E-state index contributed by atoms with van der Waals surface area (Å²) in [6, 6.07) is 5.15. The highest BCUT2D eigenvalue weighted by Gasteiger charge is 2.11. The molecule has 0 saturated carbocycles. The number of carbonyl (C=O) groups is 1. The highest BCUT2D eigenvalue weighted by atomic mass is 32.1. The number of allylic oxidation sites excluding steroid dienone is 1. The minimum Gasteiger partial charge on any atom is -0.352 e. The van der Waals surface area contributed by atoms with E-state index in [0.717, 1.165) is 38.5 Å². The lowest BCUT2D eigenvalue weighted by Gasteiger charge is -2.13. The Labute approximate surface area is 170 Å². The van der Waals surface area contributed by atoms with Crippen molar-refractivity contribution in [1.29, 1.82) is 0 Å². The second-order valence-corrected chi connectivity index (χ2v) is 7.86. The van der Waals surface area contributed by atoms with E-state index in [9.17, 15) is 9.59 Å². The molecule has 5 nitrogen and oxygen atoms in total. The van der Waals surface area contributed by atoms with E-state index in [4.69, 9.17) is 12.2 Å². The summed E-state index contributed by atoms with van der Waals surface area (Å²) in [4.78, 5) is 28.3. The number of unbranched alkanes of at least 4 members (excludes halogenated alkanes) is 2. The lowest BCUT2D eigenvalue weighted by atomic mass is 9.97. The fourth-order valence-electron chi connectivity index (χ4n) is 3.69. The van der Waals surface area contributed by atoms with Crippen LogP contribution in [0.3, 0.4) is 0 Å². The molecule has 1 aliphatic rings. The van der Waals surface area contributed by atoms with Crippen molar-refractivity contribution in [2.75, 3.05) is 6.54 Å².